The van der Waals surface area contributed by atoms with Gasteiger partial charge >= 0.3 is 0 Å². The number of alkyl halides is 1. The maximum Gasteiger partial charge on any atom is 0.262 e. The van der Waals surface area contributed by atoms with Crippen molar-refractivity contribution >= 4 is 26.0 Å². The van der Waals surface area contributed by atoms with Crippen LogP contribution in [0.2, 0.25) is 0 Å². The molecule has 7 heteroatoms. The van der Waals surface area contributed by atoms with Crippen molar-refractivity contribution in [2.45, 2.75) is 57.1 Å². The first kappa shape index (κ1) is 16.0. The van der Waals surface area contributed by atoms with Crippen LogP contribution in [0.3, 0.4) is 0 Å². The van der Waals surface area contributed by atoms with Crippen LogP contribution in [-0.4, -0.2) is 40.2 Å². The molecule has 0 amide bonds. The number of imidazole rings is 1. The van der Waals surface area contributed by atoms with Crippen molar-refractivity contribution < 1.29 is 8.42 Å². The second-order valence-corrected chi connectivity index (χ2v) is 7.72. The van der Waals surface area contributed by atoms with Crippen molar-refractivity contribution in [3.05, 3.63) is 12.0 Å². The molecule has 0 radical (unpaired) electrons. The van der Waals surface area contributed by atoms with Crippen LogP contribution in [0.5, 0.6) is 0 Å². The van der Waals surface area contributed by atoms with E-state index in [2.05, 4.69) is 27.8 Å². The summed E-state index contributed by atoms with van der Waals surface area (Å²) in [4.78, 5) is 4.26. The molecule has 5 nitrogen and oxygen atoms in total. The third-order valence-corrected chi connectivity index (χ3v) is 6.31. The molecular weight excluding hydrogens is 342 g/mol. The molecule has 1 atom stereocenters. The van der Waals surface area contributed by atoms with E-state index in [-0.39, 0.29) is 11.1 Å². The number of nitrogens with zero attached hydrogens (tertiary/aromatic N) is 3. The molecule has 0 saturated carbocycles. The van der Waals surface area contributed by atoms with Gasteiger partial charge in [0.1, 0.15) is 5.82 Å². The van der Waals surface area contributed by atoms with E-state index in [0.717, 1.165) is 38.1 Å². The molecule has 20 heavy (non-hydrogen) atoms. The quantitative estimate of drug-likeness (QED) is 0.755. The molecule has 1 aromatic heterocycles. The van der Waals surface area contributed by atoms with Crippen LogP contribution in [0.25, 0.3) is 0 Å². The Morgan fingerprint density at radius 3 is 2.85 bits per heavy atom. The number of aromatic nitrogens is 2. The van der Waals surface area contributed by atoms with Crippen LogP contribution in [-0.2, 0) is 16.6 Å². The van der Waals surface area contributed by atoms with Crippen molar-refractivity contribution in [2.24, 2.45) is 0 Å². The highest BCUT2D eigenvalue weighted by Crippen LogP contribution is 2.26. The van der Waals surface area contributed by atoms with E-state index in [1.54, 1.807) is 10.5 Å². The van der Waals surface area contributed by atoms with Crippen LogP contribution < -0.4 is 0 Å². The van der Waals surface area contributed by atoms with Crippen LogP contribution in [0, 0.1) is 6.92 Å². The van der Waals surface area contributed by atoms with E-state index in [0.29, 0.717) is 11.9 Å². The number of aryl methyl sites for hydroxylation is 2. The Kier molecular flexibility index (Phi) is 5.25. The zero-order valence-electron chi connectivity index (χ0n) is 12.0. The average molecular weight is 364 g/mol. The molecule has 0 aromatic carbocycles. The van der Waals surface area contributed by atoms with Gasteiger partial charge in [-0.15, -0.1) is 0 Å². The first-order valence-corrected chi connectivity index (χ1v) is 9.68. The van der Waals surface area contributed by atoms with Gasteiger partial charge in [0.25, 0.3) is 10.0 Å². The van der Waals surface area contributed by atoms with Gasteiger partial charge in [-0.2, -0.15) is 4.31 Å². The van der Waals surface area contributed by atoms with Crippen LogP contribution in [0.4, 0.5) is 0 Å². The van der Waals surface area contributed by atoms with Gasteiger partial charge in [0.05, 0.1) is 0 Å². The van der Waals surface area contributed by atoms with E-state index in [1.165, 1.54) is 0 Å². The highest BCUT2D eigenvalue weighted by Gasteiger charge is 2.34. The predicted molar refractivity (Wildman–Crippen MR) is 82.6 cm³/mol. The fourth-order valence-corrected chi connectivity index (χ4v) is 5.19. The molecule has 1 aliphatic rings. The lowest BCUT2D eigenvalue weighted by Gasteiger charge is -2.32. The SMILES string of the molecule is CCCn1cc(S(=O)(=O)N2CCCCC2CBr)nc1C. The molecule has 0 bridgehead atoms. The van der Waals surface area contributed by atoms with E-state index >= 15 is 0 Å². The van der Waals surface area contributed by atoms with Crippen molar-refractivity contribution in [3.63, 3.8) is 0 Å². The Bertz CT molecular complexity index is 556. The molecule has 1 saturated heterocycles. The molecule has 2 rings (SSSR count). The smallest absolute Gasteiger partial charge is 0.262 e. The molecule has 0 spiro atoms. The topological polar surface area (TPSA) is 55.2 Å². The van der Waals surface area contributed by atoms with E-state index in [9.17, 15) is 8.42 Å². The summed E-state index contributed by atoms with van der Waals surface area (Å²) in [6, 6.07) is 0.0466. The van der Waals surface area contributed by atoms with Gasteiger partial charge in [0.15, 0.2) is 5.03 Å². The Labute approximate surface area is 129 Å². The molecule has 114 valence electrons. The number of piperidine rings is 1. The van der Waals surface area contributed by atoms with Crippen LogP contribution in [0.1, 0.15) is 38.4 Å². The molecule has 0 aliphatic carbocycles. The van der Waals surface area contributed by atoms with Gasteiger partial charge in [0, 0.05) is 30.7 Å². The lowest BCUT2D eigenvalue weighted by molar-refractivity contribution is 0.273. The summed E-state index contributed by atoms with van der Waals surface area (Å²) in [5.41, 5.74) is 0. The highest BCUT2D eigenvalue weighted by molar-refractivity contribution is 9.09. The normalized spacial score (nSPS) is 21.2. The number of halogens is 1. The molecule has 1 aromatic rings. The largest absolute Gasteiger partial charge is 0.334 e. The summed E-state index contributed by atoms with van der Waals surface area (Å²) < 4.78 is 29.0. The second kappa shape index (κ2) is 6.58. The van der Waals surface area contributed by atoms with E-state index in [1.807, 2.05) is 11.5 Å². The molecule has 1 fully saturated rings. The van der Waals surface area contributed by atoms with E-state index < -0.39 is 10.0 Å². The van der Waals surface area contributed by atoms with Gasteiger partial charge in [-0.3, -0.25) is 0 Å². The number of hydrogen-bond acceptors (Lipinski definition) is 3. The van der Waals surface area contributed by atoms with Gasteiger partial charge in [-0.1, -0.05) is 29.3 Å². The number of sulfonamides is 1. The van der Waals surface area contributed by atoms with Crippen molar-refractivity contribution in [1.29, 1.82) is 0 Å². The fraction of sp³-hybridized carbons (Fsp3) is 0.769. The Hall–Kier alpha value is -0.400. The predicted octanol–water partition coefficient (Wildman–Crippen LogP) is 2.54. The minimum absolute atomic E-state index is 0.0466. The Morgan fingerprint density at radius 2 is 2.20 bits per heavy atom. The number of hydrogen-bond donors (Lipinski definition) is 0. The second-order valence-electron chi connectivity index (χ2n) is 5.24. The minimum atomic E-state index is -3.47. The molecule has 2 heterocycles. The van der Waals surface area contributed by atoms with E-state index in [4.69, 9.17) is 0 Å². The zero-order valence-corrected chi connectivity index (χ0v) is 14.5. The average Bonchev–Trinajstić information content (AvgIpc) is 2.81. The fourth-order valence-electron chi connectivity index (χ4n) is 2.64. The first-order valence-electron chi connectivity index (χ1n) is 7.12. The molecule has 1 aliphatic heterocycles. The summed E-state index contributed by atoms with van der Waals surface area (Å²) in [5, 5.41) is 0.872. The van der Waals surface area contributed by atoms with Gasteiger partial charge in [-0.25, -0.2) is 13.4 Å². The summed E-state index contributed by atoms with van der Waals surface area (Å²) in [5.74, 6) is 0.762. The number of rotatable bonds is 5. The van der Waals surface area contributed by atoms with Crippen molar-refractivity contribution in [1.82, 2.24) is 13.9 Å². The third kappa shape index (κ3) is 3.09. The molecule has 1 unspecified atom stereocenters. The summed E-state index contributed by atoms with van der Waals surface area (Å²) in [6.07, 6.45) is 5.57. The van der Waals surface area contributed by atoms with Crippen molar-refractivity contribution in [3.8, 4) is 0 Å². The minimum Gasteiger partial charge on any atom is -0.334 e. The van der Waals surface area contributed by atoms with Crippen LogP contribution in [0.15, 0.2) is 11.2 Å². The summed E-state index contributed by atoms with van der Waals surface area (Å²) in [6.45, 7) is 5.32. The van der Waals surface area contributed by atoms with Gasteiger partial charge in [-0.05, 0) is 26.2 Å². The zero-order chi connectivity index (χ0) is 14.8. The molecule has 0 N–H and O–H groups in total. The maximum absolute atomic E-state index is 12.8. The first-order chi connectivity index (χ1) is 9.50. The summed E-state index contributed by atoms with van der Waals surface area (Å²) in [7, 11) is -3.47. The Morgan fingerprint density at radius 1 is 1.45 bits per heavy atom. The van der Waals surface area contributed by atoms with Crippen molar-refractivity contribution in [2.75, 3.05) is 11.9 Å². The third-order valence-electron chi connectivity index (χ3n) is 3.74. The molecular formula is C13H22BrN3O2S. The van der Waals surface area contributed by atoms with Crippen LogP contribution >= 0.6 is 15.9 Å². The standard InChI is InChI=1S/C13H22BrN3O2S/c1-3-7-16-10-13(15-11(16)2)20(18,19)17-8-5-4-6-12(17)9-14/h10,12H,3-9H2,1-2H3. The monoisotopic (exact) mass is 363 g/mol. The lowest BCUT2D eigenvalue weighted by Crippen LogP contribution is -2.44. The van der Waals surface area contributed by atoms with Gasteiger partial charge in [0.2, 0.25) is 0 Å². The van der Waals surface area contributed by atoms with Gasteiger partial charge < -0.3 is 4.57 Å². The Balaban J connectivity index is 2.31. The highest BCUT2D eigenvalue weighted by atomic mass is 79.9. The summed E-state index contributed by atoms with van der Waals surface area (Å²) >= 11 is 3.43. The maximum atomic E-state index is 12.8. The lowest BCUT2D eigenvalue weighted by atomic mass is 10.1.